The van der Waals surface area contributed by atoms with Crippen LogP contribution in [0.4, 0.5) is 0 Å². The minimum Gasteiger partial charge on any atom is -0.381 e. The number of piperidine rings is 1. The van der Waals surface area contributed by atoms with Crippen LogP contribution in [0.25, 0.3) is 0 Å². The summed E-state index contributed by atoms with van der Waals surface area (Å²) in [6.45, 7) is 7.03. The Bertz CT molecular complexity index is 537. The second-order valence-electron chi connectivity index (χ2n) is 7.41. The van der Waals surface area contributed by atoms with E-state index in [9.17, 15) is 4.79 Å². The SMILES string of the molecule is CCOCC1COCCC12CCN(C(=O)CCc1ccccc1)CC2. The summed E-state index contributed by atoms with van der Waals surface area (Å²) in [5.41, 5.74) is 1.55. The first-order chi connectivity index (χ1) is 12.2. The Morgan fingerprint density at radius 3 is 2.72 bits per heavy atom. The molecule has 2 fully saturated rings. The molecule has 1 spiro atoms. The molecule has 4 heteroatoms. The number of aryl methyl sites for hydroxylation is 1. The lowest BCUT2D eigenvalue weighted by Crippen LogP contribution is -2.50. The fourth-order valence-electron chi connectivity index (χ4n) is 4.28. The Labute approximate surface area is 151 Å². The molecule has 2 aliphatic heterocycles. The second-order valence-corrected chi connectivity index (χ2v) is 7.41. The molecule has 2 saturated heterocycles. The number of nitrogens with zero attached hydrogens (tertiary/aromatic N) is 1. The molecular weight excluding hydrogens is 314 g/mol. The minimum absolute atomic E-state index is 0.298. The second kappa shape index (κ2) is 8.81. The van der Waals surface area contributed by atoms with Crippen molar-refractivity contribution in [3.05, 3.63) is 35.9 Å². The van der Waals surface area contributed by atoms with Crippen LogP contribution in [0.3, 0.4) is 0 Å². The number of benzene rings is 1. The van der Waals surface area contributed by atoms with E-state index in [1.54, 1.807) is 0 Å². The zero-order valence-corrected chi connectivity index (χ0v) is 15.4. The fraction of sp³-hybridized carbons (Fsp3) is 0.667. The Morgan fingerprint density at radius 2 is 2.00 bits per heavy atom. The van der Waals surface area contributed by atoms with Crippen LogP contribution >= 0.6 is 0 Å². The number of ether oxygens (including phenoxy) is 2. The van der Waals surface area contributed by atoms with Gasteiger partial charge in [-0.15, -0.1) is 0 Å². The van der Waals surface area contributed by atoms with Gasteiger partial charge in [-0.3, -0.25) is 4.79 Å². The summed E-state index contributed by atoms with van der Waals surface area (Å²) in [4.78, 5) is 14.6. The van der Waals surface area contributed by atoms with Crippen molar-refractivity contribution in [2.24, 2.45) is 11.3 Å². The Kier molecular flexibility index (Phi) is 6.49. The molecule has 1 amide bonds. The molecule has 2 heterocycles. The lowest BCUT2D eigenvalue weighted by atomic mass is 9.66. The first kappa shape index (κ1) is 18.4. The molecule has 25 heavy (non-hydrogen) atoms. The highest BCUT2D eigenvalue weighted by molar-refractivity contribution is 5.76. The Balaban J connectivity index is 1.50. The molecule has 2 aliphatic rings. The highest BCUT2D eigenvalue weighted by atomic mass is 16.5. The van der Waals surface area contributed by atoms with Crippen LogP contribution in [0.2, 0.25) is 0 Å². The maximum atomic E-state index is 12.6. The molecule has 0 aliphatic carbocycles. The van der Waals surface area contributed by atoms with Crippen molar-refractivity contribution >= 4 is 5.91 Å². The fourth-order valence-corrected chi connectivity index (χ4v) is 4.28. The van der Waals surface area contributed by atoms with Crippen molar-refractivity contribution in [1.82, 2.24) is 4.90 Å². The molecule has 4 nitrogen and oxygen atoms in total. The zero-order valence-electron chi connectivity index (χ0n) is 15.4. The molecule has 0 radical (unpaired) electrons. The zero-order chi connectivity index (χ0) is 17.5. The predicted molar refractivity (Wildman–Crippen MR) is 98.4 cm³/mol. The number of rotatable bonds is 6. The Hall–Kier alpha value is -1.39. The molecule has 3 rings (SSSR count). The molecule has 1 aromatic rings. The highest BCUT2D eigenvalue weighted by Crippen LogP contribution is 2.44. The van der Waals surface area contributed by atoms with E-state index in [1.165, 1.54) is 5.56 Å². The van der Waals surface area contributed by atoms with E-state index >= 15 is 0 Å². The summed E-state index contributed by atoms with van der Waals surface area (Å²) in [7, 11) is 0. The third kappa shape index (κ3) is 4.62. The van der Waals surface area contributed by atoms with Gasteiger partial charge in [0.05, 0.1) is 13.2 Å². The highest BCUT2D eigenvalue weighted by Gasteiger charge is 2.44. The van der Waals surface area contributed by atoms with Gasteiger partial charge in [0.25, 0.3) is 0 Å². The van der Waals surface area contributed by atoms with Crippen molar-refractivity contribution < 1.29 is 14.3 Å². The quantitative estimate of drug-likeness (QED) is 0.794. The van der Waals surface area contributed by atoms with Crippen LogP contribution in [-0.4, -0.2) is 50.3 Å². The van der Waals surface area contributed by atoms with E-state index in [0.29, 0.717) is 23.7 Å². The third-order valence-corrected chi connectivity index (χ3v) is 6.03. The first-order valence-electron chi connectivity index (χ1n) is 9.71. The molecule has 0 aromatic heterocycles. The van der Waals surface area contributed by atoms with Crippen LogP contribution in [0.5, 0.6) is 0 Å². The summed E-state index contributed by atoms with van der Waals surface area (Å²) < 4.78 is 11.4. The van der Waals surface area contributed by atoms with E-state index in [-0.39, 0.29) is 0 Å². The van der Waals surface area contributed by atoms with E-state index in [4.69, 9.17) is 9.47 Å². The molecular formula is C21H31NO3. The van der Waals surface area contributed by atoms with Gasteiger partial charge in [0.15, 0.2) is 0 Å². The van der Waals surface area contributed by atoms with Gasteiger partial charge in [0.2, 0.25) is 5.91 Å². The van der Waals surface area contributed by atoms with Crippen LogP contribution in [0, 0.1) is 11.3 Å². The third-order valence-electron chi connectivity index (χ3n) is 6.03. The number of hydrogen-bond acceptors (Lipinski definition) is 3. The average molecular weight is 345 g/mol. The summed E-state index contributed by atoms with van der Waals surface area (Å²) in [5, 5.41) is 0. The van der Waals surface area contributed by atoms with Crippen molar-refractivity contribution in [2.75, 3.05) is 39.5 Å². The topological polar surface area (TPSA) is 38.8 Å². The number of likely N-dealkylation sites (tertiary alicyclic amines) is 1. The lowest BCUT2D eigenvalue weighted by molar-refractivity contribution is -0.138. The smallest absolute Gasteiger partial charge is 0.222 e. The van der Waals surface area contributed by atoms with Crippen molar-refractivity contribution in [3.63, 3.8) is 0 Å². The van der Waals surface area contributed by atoms with E-state index in [1.807, 2.05) is 25.1 Å². The summed E-state index contributed by atoms with van der Waals surface area (Å²) in [6.07, 6.45) is 4.73. The first-order valence-corrected chi connectivity index (χ1v) is 9.71. The number of hydrogen-bond donors (Lipinski definition) is 0. The summed E-state index contributed by atoms with van der Waals surface area (Å²) in [5.74, 6) is 0.773. The molecule has 1 unspecified atom stereocenters. The van der Waals surface area contributed by atoms with Gasteiger partial charge in [-0.2, -0.15) is 0 Å². The van der Waals surface area contributed by atoms with Crippen LogP contribution in [0.15, 0.2) is 30.3 Å². The minimum atomic E-state index is 0.298. The predicted octanol–water partition coefficient (Wildman–Crippen LogP) is 3.30. The number of carbonyl (C=O) groups excluding carboxylic acids is 1. The van der Waals surface area contributed by atoms with Crippen molar-refractivity contribution in [2.45, 2.75) is 39.0 Å². The van der Waals surface area contributed by atoms with Gasteiger partial charge in [-0.25, -0.2) is 0 Å². The van der Waals surface area contributed by atoms with Gasteiger partial charge in [0.1, 0.15) is 0 Å². The maximum absolute atomic E-state index is 12.6. The number of carbonyl (C=O) groups is 1. The molecule has 0 N–H and O–H groups in total. The molecule has 0 bridgehead atoms. The summed E-state index contributed by atoms with van der Waals surface area (Å²) >= 11 is 0. The molecule has 1 atom stereocenters. The lowest BCUT2D eigenvalue weighted by Gasteiger charge is -2.49. The van der Waals surface area contributed by atoms with Crippen molar-refractivity contribution in [3.8, 4) is 0 Å². The Morgan fingerprint density at radius 1 is 1.24 bits per heavy atom. The molecule has 0 saturated carbocycles. The molecule has 138 valence electrons. The van der Waals surface area contributed by atoms with Crippen molar-refractivity contribution in [1.29, 1.82) is 0 Å². The maximum Gasteiger partial charge on any atom is 0.222 e. The number of amides is 1. The van der Waals surface area contributed by atoms with Gasteiger partial charge in [-0.1, -0.05) is 30.3 Å². The average Bonchev–Trinajstić information content (AvgIpc) is 2.67. The normalized spacial score (nSPS) is 22.9. The summed E-state index contributed by atoms with van der Waals surface area (Å²) in [6, 6.07) is 10.3. The largest absolute Gasteiger partial charge is 0.381 e. The standard InChI is InChI=1S/C21H31NO3/c1-2-24-16-19-17-25-15-12-21(19)10-13-22(14-11-21)20(23)9-8-18-6-4-3-5-7-18/h3-7,19H,2,8-17H2,1H3. The molecule has 1 aromatic carbocycles. The van der Waals surface area contributed by atoms with E-state index in [2.05, 4.69) is 17.0 Å². The van der Waals surface area contributed by atoms with Gasteiger partial charge in [-0.05, 0) is 43.6 Å². The van der Waals surface area contributed by atoms with E-state index < -0.39 is 0 Å². The van der Waals surface area contributed by atoms with Crippen LogP contribution in [0.1, 0.15) is 38.2 Å². The van der Waals surface area contributed by atoms with Crippen LogP contribution < -0.4 is 0 Å². The van der Waals surface area contributed by atoms with Gasteiger partial charge >= 0.3 is 0 Å². The van der Waals surface area contributed by atoms with Gasteiger partial charge in [0, 0.05) is 38.6 Å². The van der Waals surface area contributed by atoms with E-state index in [0.717, 1.165) is 65.2 Å². The van der Waals surface area contributed by atoms with Crippen LogP contribution in [-0.2, 0) is 20.7 Å². The monoisotopic (exact) mass is 345 g/mol. The van der Waals surface area contributed by atoms with Gasteiger partial charge < -0.3 is 14.4 Å².